The van der Waals surface area contributed by atoms with Crippen LogP contribution in [0, 0.1) is 10.1 Å². The van der Waals surface area contributed by atoms with Crippen LogP contribution in [0.2, 0.25) is 0 Å². The first-order chi connectivity index (χ1) is 14.3. The molecule has 3 aromatic rings. The Labute approximate surface area is 168 Å². The predicted octanol–water partition coefficient (Wildman–Crippen LogP) is 4.10. The van der Waals surface area contributed by atoms with Gasteiger partial charge in [0.25, 0.3) is 5.69 Å². The van der Waals surface area contributed by atoms with Crippen molar-refractivity contribution < 1.29 is 22.9 Å². The third kappa shape index (κ3) is 4.90. The number of nitrogens with zero attached hydrogens (tertiary/aromatic N) is 3. The van der Waals surface area contributed by atoms with E-state index < -0.39 is 22.6 Å². The SMILES string of the molecule is O=C(Cc1ccccc1[N+](=O)[O-])N/N=C\c1cccn1-c1cccc(C(F)(F)F)c1. The molecule has 0 saturated carbocycles. The van der Waals surface area contributed by atoms with Crippen molar-refractivity contribution in [3.8, 4) is 5.69 Å². The number of carbonyl (C=O) groups is 1. The first-order valence-electron chi connectivity index (χ1n) is 8.65. The highest BCUT2D eigenvalue weighted by molar-refractivity contribution is 5.83. The molecule has 0 unspecified atom stereocenters. The largest absolute Gasteiger partial charge is 0.416 e. The third-order valence-electron chi connectivity index (χ3n) is 4.16. The fourth-order valence-corrected chi connectivity index (χ4v) is 2.79. The maximum absolute atomic E-state index is 12.9. The highest BCUT2D eigenvalue weighted by Gasteiger charge is 2.30. The van der Waals surface area contributed by atoms with Gasteiger partial charge in [-0.2, -0.15) is 18.3 Å². The second kappa shape index (κ2) is 8.60. The van der Waals surface area contributed by atoms with Crippen molar-refractivity contribution in [1.29, 1.82) is 0 Å². The van der Waals surface area contributed by atoms with E-state index in [2.05, 4.69) is 10.5 Å². The number of nitro benzene ring substituents is 1. The lowest BCUT2D eigenvalue weighted by molar-refractivity contribution is -0.385. The van der Waals surface area contributed by atoms with E-state index in [4.69, 9.17) is 0 Å². The molecule has 0 aliphatic heterocycles. The average Bonchev–Trinajstić information content (AvgIpc) is 3.16. The summed E-state index contributed by atoms with van der Waals surface area (Å²) in [7, 11) is 0. The van der Waals surface area contributed by atoms with Gasteiger partial charge in [0.2, 0.25) is 5.91 Å². The quantitative estimate of drug-likeness (QED) is 0.373. The van der Waals surface area contributed by atoms with Crippen molar-refractivity contribution in [2.45, 2.75) is 12.6 Å². The zero-order chi connectivity index (χ0) is 21.7. The smallest absolute Gasteiger partial charge is 0.316 e. The maximum atomic E-state index is 12.9. The highest BCUT2D eigenvalue weighted by atomic mass is 19.4. The molecular weight excluding hydrogens is 401 g/mol. The topological polar surface area (TPSA) is 89.5 Å². The van der Waals surface area contributed by atoms with Gasteiger partial charge in [0.15, 0.2) is 0 Å². The van der Waals surface area contributed by atoms with E-state index in [1.807, 2.05) is 0 Å². The van der Waals surface area contributed by atoms with Crippen molar-refractivity contribution in [3.63, 3.8) is 0 Å². The molecule has 1 heterocycles. The van der Waals surface area contributed by atoms with Crippen molar-refractivity contribution >= 4 is 17.8 Å². The molecule has 0 aliphatic rings. The fourth-order valence-electron chi connectivity index (χ4n) is 2.79. The van der Waals surface area contributed by atoms with Crippen LogP contribution < -0.4 is 5.43 Å². The molecule has 1 aromatic heterocycles. The summed E-state index contributed by atoms with van der Waals surface area (Å²) in [6.07, 6.45) is -1.88. The summed E-state index contributed by atoms with van der Waals surface area (Å²) in [6, 6.07) is 13.9. The molecule has 0 atom stereocenters. The summed E-state index contributed by atoms with van der Waals surface area (Å²) in [5, 5.41) is 14.8. The van der Waals surface area contributed by atoms with Crippen molar-refractivity contribution in [3.05, 3.63) is 93.8 Å². The molecular formula is C20H15F3N4O3. The van der Waals surface area contributed by atoms with Crippen LogP contribution in [0.1, 0.15) is 16.8 Å². The number of aromatic nitrogens is 1. The second-order valence-corrected chi connectivity index (χ2v) is 6.21. The second-order valence-electron chi connectivity index (χ2n) is 6.21. The number of para-hydroxylation sites is 1. The molecule has 1 amide bonds. The van der Waals surface area contributed by atoms with Crippen LogP contribution in [-0.2, 0) is 17.4 Å². The molecule has 0 fully saturated rings. The summed E-state index contributed by atoms with van der Waals surface area (Å²) in [6.45, 7) is 0. The van der Waals surface area contributed by atoms with Crippen LogP contribution in [-0.4, -0.2) is 21.6 Å². The zero-order valence-corrected chi connectivity index (χ0v) is 15.3. The Bertz CT molecular complexity index is 1110. The minimum Gasteiger partial charge on any atom is -0.316 e. The van der Waals surface area contributed by atoms with Crippen molar-refractivity contribution in [1.82, 2.24) is 9.99 Å². The minimum atomic E-state index is -4.47. The van der Waals surface area contributed by atoms with Gasteiger partial charge in [0.1, 0.15) is 0 Å². The number of hydrogen-bond donors (Lipinski definition) is 1. The summed E-state index contributed by atoms with van der Waals surface area (Å²) < 4.78 is 40.3. The van der Waals surface area contributed by atoms with Gasteiger partial charge in [-0.15, -0.1) is 0 Å². The summed E-state index contributed by atoms with van der Waals surface area (Å²) in [4.78, 5) is 22.5. The van der Waals surface area contributed by atoms with Crippen LogP contribution in [0.5, 0.6) is 0 Å². The van der Waals surface area contributed by atoms with Gasteiger partial charge >= 0.3 is 6.18 Å². The summed E-state index contributed by atoms with van der Waals surface area (Å²) >= 11 is 0. The Morgan fingerprint density at radius 1 is 1.13 bits per heavy atom. The zero-order valence-electron chi connectivity index (χ0n) is 15.3. The van der Waals surface area contributed by atoms with Crippen LogP contribution in [0.15, 0.2) is 72.0 Å². The standard InChI is InChI=1S/C20H15F3N4O3/c21-20(22,23)15-6-3-7-16(12-15)26-10-4-8-17(26)13-24-25-19(28)11-14-5-1-2-9-18(14)27(29)30/h1-10,12-13H,11H2,(H,25,28)/b24-13-. The van der Waals surface area contributed by atoms with E-state index in [-0.39, 0.29) is 23.4 Å². The van der Waals surface area contributed by atoms with E-state index in [0.29, 0.717) is 5.69 Å². The fraction of sp³-hybridized carbons (Fsp3) is 0.100. The van der Waals surface area contributed by atoms with Gasteiger partial charge in [0, 0.05) is 23.5 Å². The highest BCUT2D eigenvalue weighted by Crippen LogP contribution is 2.30. The lowest BCUT2D eigenvalue weighted by atomic mass is 10.1. The molecule has 154 valence electrons. The molecule has 0 spiro atoms. The minimum absolute atomic E-state index is 0.171. The van der Waals surface area contributed by atoms with Crippen LogP contribution in [0.4, 0.5) is 18.9 Å². The Hall–Kier alpha value is -3.95. The third-order valence-corrected chi connectivity index (χ3v) is 4.16. The number of hydrogen-bond acceptors (Lipinski definition) is 4. The normalized spacial score (nSPS) is 11.6. The molecule has 7 nitrogen and oxygen atoms in total. The number of rotatable bonds is 6. The van der Waals surface area contributed by atoms with Gasteiger partial charge in [-0.1, -0.05) is 24.3 Å². The number of halogens is 3. The Morgan fingerprint density at radius 2 is 1.90 bits per heavy atom. The van der Waals surface area contributed by atoms with E-state index in [1.165, 1.54) is 41.1 Å². The number of amides is 1. The van der Waals surface area contributed by atoms with E-state index >= 15 is 0 Å². The predicted molar refractivity (Wildman–Crippen MR) is 103 cm³/mol. The Balaban J connectivity index is 1.71. The van der Waals surface area contributed by atoms with Crippen LogP contribution in [0.3, 0.4) is 0 Å². The number of hydrazone groups is 1. The molecule has 3 rings (SSSR count). The van der Waals surface area contributed by atoms with E-state index in [9.17, 15) is 28.1 Å². The van der Waals surface area contributed by atoms with Gasteiger partial charge in [0.05, 0.1) is 28.8 Å². The molecule has 10 heteroatoms. The molecule has 0 radical (unpaired) electrons. The average molecular weight is 416 g/mol. The summed E-state index contributed by atoms with van der Waals surface area (Å²) in [5.74, 6) is -0.572. The van der Waals surface area contributed by atoms with Gasteiger partial charge in [-0.25, -0.2) is 5.43 Å². The first kappa shape index (κ1) is 20.8. The van der Waals surface area contributed by atoms with E-state index in [1.54, 1.807) is 24.4 Å². The molecule has 0 bridgehead atoms. The van der Waals surface area contributed by atoms with Crippen LogP contribution >= 0.6 is 0 Å². The van der Waals surface area contributed by atoms with Crippen LogP contribution in [0.25, 0.3) is 5.69 Å². The molecule has 0 saturated heterocycles. The molecule has 2 aromatic carbocycles. The van der Waals surface area contributed by atoms with Gasteiger partial charge in [-0.05, 0) is 30.3 Å². The number of alkyl halides is 3. The number of benzene rings is 2. The Morgan fingerprint density at radius 3 is 2.63 bits per heavy atom. The molecule has 30 heavy (non-hydrogen) atoms. The number of nitrogens with one attached hydrogen (secondary N) is 1. The van der Waals surface area contributed by atoms with Crippen molar-refractivity contribution in [2.75, 3.05) is 0 Å². The number of nitro groups is 1. The number of carbonyl (C=O) groups excluding carboxylic acids is 1. The lowest BCUT2D eigenvalue weighted by Crippen LogP contribution is -2.20. The van der Waals surface area contributed by atoms with Gasteiger partial charge in [-0.3, -0.25) is 14.9 Å². The summed E-state index contributed by atoms with van der Waals surface area (Å²) in [5.41, 5.74) is 2.26. The molecule has 0 aliphatic carbocycles. The van der Waals surface area contributed by atoms with E-state index in [0.717, 1.165) is 12.1 Å². The maximum Gasteiger partial charge on any atom is 0.416 e. The monoisotopic (exact) mass is 416 g/mol. The lowest BCUT2D eigenvalue weighted by Gasteiger charge is -2.11. The Kier molecular flexibility index (Phi) is 5.95. The molecule has 1 N–H and O–H groups in total. The van der Waals surface area contributed by atoms with Crippen molar-refractivity contribution in [2.24, 2.45) is 5.10 Å². The first-order valence-corrected chi connectivity index (χ1v) is 8.65. The van der Waals surface area contributed by atoms with Gasteiger partial charge < -0.3 is 4.57 Å².